The maximum Gasteiger partial charge on any atom is 0.264 e. The number of hydrogen-bond acceptors (Lipinski definition) is 6. The SMILES string of the molecule is CSC(=N/N=C(/C)c1ccc(S(=O)(=O)N(C)c2ccccc2)cc1)SC. The van der Waals surface area contributed by atoms with E-state index in [2.05, 4.69) is 10.2 Å². The molecule has 0 saturated carbocycles. The van der Waals surface area contributed by atoms with Crippen LogP contribution in [0.1, 0.15) is 12.5 Å². The van der Waals surface area contributed by atoms with E-state index in [9.17, 15) is 8.42 Å². The molecule has 0 unspecified atom stereocenters. The lowest BCUT2D eigenvalue weighted by atomic mass is 10.1. The highest BCUT2D eigenvalue weighted by Crippen LogP contribution is 2.22. The number of rotatable bonds is 5. The first kappa shape index (κ1) is 20.5. The zero-order valence-corrected chi connectivity index (χ0v) is 17.5. The van der Waals surface area contributed by atoms with Crippen molar-refractivity contribution < 1.29 is 8.42 Å². The summed E-state index contributed by atoms with van der Waals surface area (Å²) in [6.07, 6.45) is 3.89. The van der Waals surface area contributed by atoms with Crippen molar-refractivity contribution in [3.8, 4) is 0 Å². The summed E-state index contributed by atoms with van der Waals surface area (Å²) in [6, 6.07) is 15.7. The fourth-order valence-corrected chi connectivity index (χ4v) is 4.25. The number of nitrogens with zero attached hydrogens (tertiary/aromatic N) is 3. The zero-order chi connectivity index (χ0) is 19.2. The van der Waals surface area contributed by atoms with E-state index in [0.29, 0.717) is 5.69 Å². The molecule has 0 aliphatic rings. The van der Waals surface area contributed by atoms with Gasteiger partial charge in [-0.25, -0.2) is 8.42 Å². The standard InChI is InChI=1S/C18H21N3O2S3/c1-14(19-20-18(24-3)25-4)15-10-12-17(13-11-15)26(22,23)21(2)16-8-6-5-7-9-16/h5-13H,1-4H3/b19-14-. The van der Waals surface area contributed by atoms with E-state index in [1.807, 2.05) is 37.6 Å². The van der Waals surface area contributed by atoms with Crippen LogP contribution < -0.4 is 4.31 Å². The molecule has 0 spiro atoms. The van der Waals surface area contributed by atoms with Crippen LogP contribution in [0.5, 0.6) is 0 Å². The Morgan fingerprint density at radius 1 is 0.923 bits per heavy atom. The summed E-state index contributed by atoms with van der Waals surface area (Å²) in [6.45, 7) is 1.85. The fraction of sp³-hybridized carbons (Fsp3) is 0.222. The van der Waals surface area contributed by atoms with Gasteiger partial charge in [-0.15, -0.1) is 28.6 Å². The Labute approximate surface area is 163 Å². The van der Waals surface area contributed by atoms with Crippen molar-refractivity contribution >= 4 is 49.3 Å². The number of sulfonamides is 1. The van der Waals surface area contributed by atoms with Crippen molar-refractivity contribution in [1.82, 2.24) is 0 Å². The molecule has 0 aromatic heterocycles. The number of thioether (sulfide) groups is 2. The Balaban J connectivity index is 2.26. The van der Waals surface area contributed by atoms with Crippen LogP contribution in [-0.2, 0) is 10.0 Å². The van der Waals surface area contributed by atoms with Gasteiger partial charge in [-0.2, -0.15) is 5.10 Å². The topological polar surface area (TPSA) is 62.1 Å². The zero-order valence-electron chi connectivity index (χ0n) is 15.1. The molecule has 0 bridgehead atoms. The van der Waals surface area contributed by atoms with Gasteiger partial charge in [-0.3, -0.25) is 4.31 Å². The van der Waals surface area contributed by atoms with Gasteiger partial charge in [0.25, 0.3) is 10.0 Å². The second-order valence-corrected chi connectivity index (χ2v) is 9.11. The lowest BCUT2D eigenvalue weighted by molar-refractivity contribution is 0.594. The van der Waals surface area contributed by atoms with Crippen LogP contribution in [0.3, 0.4) is 0 Å². The van der Waals surface area contributed by atoms with Crippen LogP contribution in [0.15, 0.2) is 69.7 Å². The summed E-state index contributed by atoms with van der Waals surface area (Å²) in [5.41, 5.74) is 2.17. The fourth-order valence-electron chi connectivity index (χ4n) is 2.14. The van der Waals surface area contributed by atoms with Gasteiger partial charge in [0.05, 0.1) is 16.3 Å². The lowest BCUT2D eigenvalue weighted by Crippen LogP contribution is -2.26. The van der Waals surface area contributed by atoms with Crippen molar-refractivity contribution in [2.75, 3.05) is 23.9 Å². The predicted octanol–water partition coefficient (Wildman–Crippen LogP) is 4.32. The maximum absolute atomic E-state index is 12.8. The Kier molecular flexibility index (Phi) is 7.31. The number of para-hydroxylation sites is 1. The first-order valence-corrected chi connectivity index (χ1v) is 11.6. The average molecular weight is 408 g/mol. The number of anilines is 1. The van der Waals surface area contributed by atoms with E-state index in [1.54, 1.807) is 43.4 Å². The van der Waals surface area contributed by atoms with E-state index in [-0.39, 0.29) is 4.90 Å². The first-order valence-electron chi connectivity index (χ1n) is 7.74. The van der Waals surface area contributed by atoms with Crippen molar-refractivity contribution in [1.29, 1.82) is 0 Å². The third-order valence-corrected chi connectivity index (χ3v) is 7.34. The van der Waals surface area contributed by atoms with E-state index in [0.717, 1.165) is 15.7 Å². The highest BCUT2D eigenvalue weighted by atomic mass is 32.2. The molecule has 0 N–H and O–H groups in total. The van der Waals surface area contributed by atoms with Crippen LogP contribution in [-0.4, -0.2) is 38.1 Å². The molecule has 5 nitrogen and oxygen atoms in total. The smallest absolute Gasteiger partial charge is 0.264 e. The van der Waals surface area contributed by atoms with E-state index >= 15 is 0 Å². The molecule has 0 fully saturated rings. The molecule has 8 heteroatoms. The summed E-state index contributed by atoms with van der Waals surface area (Å²) in [5, 5.41) is 8.39. The van der Waals surface area contributed by atoms with Crippen LogP contribution in [0.25, 0.3) is 0 Å². The second-order valence-electron chi connectivity index (χ2n) is 5.29. The molecule has 0 aliphatic carbocycles. The van der Waals surface area contributed by atoms with Crippen LogP contribution >= 0.6 is 23.5 Å². The molecule has 0 atom stereocenters. The molecule has 0 radical (unpaired) electrons. The minimum absolute atomic E-state index is 0.234. The first-order chi connectivity index (χ1) is 12.4. The quantitative estimate of drug-likeness (QED) is 0.421. The predicted molar refractivity (Wildman–Crippen MR) is 115 cm³/mol. The molecule has 0 aliphatic heterocycles. The molecule has 26 heavy (non-hydrogen) atoms. The van der Waals surface area contributed by atoms with Gasteiger partial charge in [-0.1, -0.05) is 30.3 Å². The molecule has 2 rings (SSSR count). The van der Waals surface area contributed by atoms with Gasteiger partial charge < -0.3 is 0 Å². The normalized spacial score (nSPS) is 11.9. The summed E-state index contributed by atoms with van der Waals surface area (Å²) in [4.78, 5) is 0.234. The van der Waals surface area contributed by atoms with Crippen LogP contribution in [0.2, 0.25) is 0 Å². The minimum Gasteiger partial charge on any atom is -0.269 e. The van der Waals surface area contributed by atoms with E-state index in [1.165, 1.54) is 27.8 Å². The second kappa shape index (κ2) is 9.25. The van der Waals surface area contributed by atoms with Crippen molar-refractivity contribution in [3.05, 3.63) is 60.2 Å². The Bertz CT molecular complexity index is 887. The van der Waals surface area contributed by atoms with Gasteiger partial charge in [0.2, 0.25) is 0 Å². The summed E-state index contributed by atoms with van der Waals surface area (Å²) in [7, 11) is -2.06. The van der Waals surface area contributed by atoms with E-state index in [4.69, 9.17) is 0 Å². The molecular weight excluding hydrogens is 386 g/mol. The van der Waals surface area contributed by atoms with Crippen molar-refractivity contribution in [3.63, 3.8) is 0 Å². The van der Waals surface area contributed by atoms with Gasteiger partial charge in [-0.05, 0) is 49.3 Å². The van der Waals surface area contributed by atoms with Crippen molar-refractivity contribution in [2.45, 2.75) is 11.8 Å². The van der Waals surface area contributed by atoms with Gasteiger partial charge in [0, 0.05) is 7.05 Å². The van der Waals surface area contributed by atoms with Gasteiger partial charge in [0.15, 0.2) is 4.38 Å². The third kappa shape index (κ3) is 4.90. The van der Waals surface area contributed by atoms with E-state index < -0.39 is 10.0 Å². The van der Waals surface area contributed by atoms with Crippen molar-refractivity contribution in [2.24, 2.45) is 10.2 Å². The minimum atomic E-state index is -3.61. The summed E-state index contributed by atoms with van der Waals surface area (Å²) in [5.74, 6) is 0. The lowest BCUT2D eigenvalue weighted by Gasteiger charge is -2.19. The average Bonchev–Trinajstić information content (AvgIpc) is 2.68. The van der Waals surface area contributed by atoms with Gasteiger partial charge in [0.1, 0.15) is 0 Å². The highest BCUT2D eigenvalue weighted by Gasteiger charge is 2.21. The van der Waals surface area contributed by atoms with Gasteiger partial charge >= 0.3 is 0 Å². The summed E-state index contributed by atoms with van der Waals surface area (Å²) < 4.78 is 27.7. The highest BCUT2D eigenvalue weighted by molar-refractivity contribution is 8.38. The molecule has 138 valence electrons. The summed E-state index contributed by atoms with van der Waals surface area (Å²) >= 11 is 3.07. The maximum atomic E-state index is 12.8. The number of benzene rings is 2. The molecule has 0 saturated heterocycles. The molecule has 0 amide bonds. The molecular formula is C18H21N3O2S3. The van der Waals surface area contributed by atoms with Crippen LogP contribution in [0.4, 0.5) is 5.69 Å². The number of hydrogen-bond donors (Lipinski definition) is 0. The Morgan fingerprint density at radius 3 is 2.04 bits per heavy atom. The third-order valence-electron chi connectivity index (χ3n) is 3.68. The molecule has 2 aromatic rings. The molecule has 2 aromatic carbocycles. The monoisotopic (exact) mass is 407 g/mol. The molecule has 0 heterocycles. The Morgan fingerprint density at radius 2 is 1.50 bits per heavy atom. The largest absolute Gasteiger partial charge is 0.269 e. The Hall–Kier alpha value is -1.77. The van der Waals surface area contributed by atoms with Crippen LogP contribution in [0, 0.1) is 0 Å².